The van der Waals surface area contributed by atoms with Gasteiger partial charge >= 0.3 is 24.1 Å². The van der Waals surface area contributed by atoms with Gasteiger partial charge in [0.1, 0.15) is 11.2 Å². The van der Waals surface area contributed by atoms with Gasteiger partial charge in [0.15, 0.2) is 0 Å². The fourth-order valence-electron chi connectivity index (χ4n) is 4.37. The van der Waals surface area contributed by atoms with E-state index in [1.54, 1.807) is 0 Å². The van der Waals surface area contributed by atoms with Crippen molar-refractivity contribution in [1.82, 2.24) is 20.4 Å². The Kier molecular flexibility index (Phi) is 9.22. The second-order valence-electron chi connectivity index (χ2n) is 12.1. The van der Waals surface area contributed by atoms with E-state index in [1.165, 1.54) is 0 Å². The molecule has 0 bridgehead atoms. The number of ether oxygens (including phenoxy) is 2. The summed E-state index contributed by atoms with van der Waals surface area (Å²) in [7, 11) is 0. The summed E-state index contributed by atoms with van der Waals surface area (Å²) >= 11 is 0. The van der Waals surface area contributed by atoms with Gasteiger partial charge in [-0.05, 0) is 54.4 Å². The maximum atomic E-state index is 11.8. The summed E-state index contributed by atoms with van der Waals surface area (Å²) in [4.78, 5) is 45.4. The number of carbonyl (C=O) groups is 4. The molecule has 4 heterocycles. The largest absolute Gasteiger partial charge is 0.473 e. The van der Waals surface area contributed by atoms with E-state index in [4.69, 9.17) is 29.3 Å². The molecule has 206 valence electrons. The molecule has 12 heteroatoms. The molecule has 4 aliphatic heterocycles. The van der Waals surface area contributed by atoms with Crippen LogP contribution >= 0.6 is 0 Å². The van der Waals surface area contributed by atoms with Crippen LogP contribution in [0.15, 0.2) is 0 Å². The molecule has 0 aromatic carbocycles. The molecule has 0 radical (unpaired) electrons. The first-order chi connectivity index (χ1) is 16.4. The van der Waals surface area contributed by atoms with Crippen molar-refractivity contribution in [2.45, 2.75) is 65.6 Å². The van der Waals surface area contributed by atoms with Gasteiger partial charge in [0, 0.05) is 63.2 Å². The first-order valence-electron chi connectivity index (χ1n) is 12.3. The Bertz CT molecular complexity index is 757. The third-order valence-electron chi connectivity index (χ3n) is 6.36. The normalized spacial score (nSPS) is 21.3. The zero-order valence-electron chi connectivity index (χ0n) is 22.3. The first kappa shape index (κ1) is 29.6. The number of carbonyl (C=O) groups excluding carboxylic acids is 2. The number of nitrogens with zero attached hydrogens (tertiary/aromatic N) is 2. The summed E-state index contributed by atoms with van der Waals surface area (Å²) in [5, 5.41) is 21.3. The van der Waals surface area contributed by atoms with Gasteiger partial charge in [0.2, 0.25) is 0 Å². The van der Waals surface area contributed by atoms with Crippen LogP contribution < -0.4 is 10.6 Å². The zero-order chi connectivity index (χ0) is 27.4. The van der Waals surface area contributed by atoms with Crippen molar-refractivity contribution in [1.29, 1.82) is 0 Å². The lowest BCUT2D eigenvalue weighted by molar-refractivity contribution is -0.159. The first-order valence-corrected chi connectivity index (χ1v) is 12.3. The van der Waals surface area contributed by atoms with Crippen LogP contribution in [0.25, 0.3) is 0 Å². The molecule has 36 heavy (non-hydrogen) atoms. The van der Waals surface area contributed by atoms with E-state index < -0.39 is 11.9 Å². The second-order valence-corrected chi connectivity index (χ2v) is 12.1. The fourth-order valence-corrected chi connectivity index (χ4v) is 4.37. The van der Waals surface area contributed by atoms with Crippen LogP contribution in [0.1, 0.15) is 54.4 Å². The zero-order valence-corrected chi connectivity index (χ0v) is 22.3. The molecule has 12 nitrogen and oxygen atoms in total. The number of likely N-dealkylation sites (tertiary alicyclic amines) is 2. The highest BCUT2D eigenvalue weighted by Crippen LogP contribution is 2.35. The van der Waals surface area contributed by atoms with Crippen molar-refractivity contribution in [2.75, 3.05) is 52.4 Å². The number of carboxylic acids is 2. The van der Waals surface area contributed by atoms with Crippen molar-refractivity contribution < 1.29 is 38.9 Å². The summed E-state index contributed by atoms with van der Waals surface area (Å²) in [6.07, 6.45) is 1.90. The standard InChI is InChI=1S/2C11H20N2O2.C2H2O4/c2*1-10(2,3)15-9(14)13-5-4-11(8-13)6-12-7-11;3-1(4)2(5)6/h2*12H,4-8H2,1-3H3;(H,3,4)(H,5,6). The van der Waals surface area contributed by atoms with Crippen molar-refractivity contribution in [2.24, 2.45) is 10.8 Å². The molecular formula is C24H42N4O8. The monoisotopic (exact) mass is 514 g/mol. The highest BCUT2D eigenvalue weighted by atomic mass is 16.6. The van der Waals surface area contributed by atoms with Crippen LogP contribution in [0.2, 0.25) is 0 Å². The van der Waals surface area contributed by atoms with Gasteiger partial charge in [-0.25, -0.2) is 19.2 Å². The molecule has 0 saturated carbocycles. The summed E-state index contributed by atoms with van der Waals surface area (Å²) in [6, 6.07) is 0. The molecule has 2 spiro atoms. The smallest absolute Gasteiger partial charge is 0.414 e. The molecule has 4 N–H and O–H groups in total. The molecule has 0 unspecified atom stereocenters. The SMILES string of the molecule is CC(C)(C)OC(=O)N1CCC2(CNC2)C1.CC(C)(C)OC(=O)N1CCC2(CNC2)C1.O=C(O)C(=O)O. The topological polar surface area (TPSA) is 158 Å². The molecule has 4 fully saturated rings. The maximum absolute atomic E-state index is 11.8. The molecule has 0 atom stereocenters. The number of rotatable bonds is 0. The van der Waals surface area contributed by atoms with Gasteiger partial charge in [-0.1, -0.05) is 0 Å². The van der Waals surface area contributed by atoms with E-state index in [9.17, 15) is 9.59 Å². The van der Waals surface area contributed by atoms with Crippen molar-refractivity contribution in [3.05, 3.63) is 0 Å². The van der Waals surface area contributed by atoms with E-state index in [2.05, 4.69) is 10.6 Å². The van der Waals surface area contributed by atoms with E-state index in [-0.39, 0.29) is 23.4 Å². The number of hydrogen-bond donors (Lipinski definition) is 4. The summed E-state index contributed by atoms with van der Waals surface area (Å²) < 4.78 is 10.7. The van der Waals surface area contributed by atoms with Gasteiger partial charge < -0.3 is 40.1 Å². The number of hydrogen-bond acceptors (Lipinski definition) is 8. The van der Waals surface area contributed by atoms with Crippen LogP contribution in [0.3, 0.4) is 0 Å². The van der Waals surface area contributed by atoms with Gasteiger partial charge in [-0.15, -0.1) is 0 Å². The predicted molar refractivity (Wildman–Crippen MR) is 131 cm³/mol. The maximum Gasteiger partial charge on any atom is 0.414 e. The van der Waals surface area contributed by atoms with Crippen molar-refractivity contribution in [3.8, 4) is 0 Å². The van der Waals surface area contributed by atoms with Crippen LogP contribution in [0.5, 0.6) is 0 Å². The number of nitrogens with one attached hydrogen (secondary N) is 2. The van der Waals surface area contributed by atoms with Crippen LogP contribution in [-0.2, 0) is 19.1 Å². The summed E-state index contributed by atoms with van der Waals surface area (Å²) in [5.74, 6) is -3.65. The molecule has 4 rings (SSSR count). The van der Waals surface area contributed by atoms with E-state index in [0.29, 0.717) is 10.8 Å². The third kappa shape index (κ3) is 8.81. The lowest BCUT2D eigenvalue weighted by Crippen LogP contribution is -2.55. The molecule has 0 aromatic rings. The van der Waals surface area contributed by atoms with Gasteiger partial charge in [0.25, 0.3) is 0 Å². The Balaban J connectivity index is 0.000000208. The Morgan fingerprint density at radius 2 is 0.972 bits per heavy atom. The molecule has 2 amide bonds. The Labute approximate surface area is 212 Å². The molecular weight excluding hydrogens is 472 g/mol. The Morgan fingerprint density at radius 3 is 1.14 bits per heavy atom. The third-order valence-corrected chi connectivity index (χ3v) is 6.36. The predicted octanol–water partition coefficient (Wildman–Crippen LogP) is 1.59. The van der Waals surface area contributed by atoms with Gasteiger partial charge in [0.05, 0.1) is 0 Å². The lowest BCUT2D eigenvalue weighted by atomic mass is 9.81. The van der Waals surface area contributed by atoms with Crippen LogP contribution in [0, 0.1) is 10.8 Å². The van der Waals surface area contributed by atoms with Gasteiger partial charge in [-0.2, -0.15) is 0 Å². The second kappa shape index (κ2) is 11.2. The fraction of sp³-hybridized carbons (Fsp3) is 0.833. The van der Waals surface area contributed by atoms with E-state index in [0.717, 1.165) is 65.2 Å². The minimum Gasteiger partial charge on any atom is -0.473 e. The quantitative estimate of drug-likeness (QED) is 0.350. The minimum absolute atomic E-state index is 0.161. The van der Waals surface area contributed by atoms with Crippen LogP contribution in [-0.4, -0.2) is 108 Å². The average Bonchev–Trinajstić information content (AvgIpc) is 3.32. The molecule has 4 aliphatic rings. The number of aliphatic carboxylic acids is 2. The van der Waals surface area contributed by atoms with Crippen molar-refractivity contribution >= 4 is 24.1 Å². The highest BCUT2D eigenvalue weighted by molar-refractivity contribution is 6.27. The van der Waals surface area contributed by atoms with Crippen molar-refractivity contribution in [3.63, 3.8) is 0 Å². The van der Waals surface area contributed by atoms with E-state index in [1.807, 2.05) is 51.3 Å². The average molecular weight is 515 g/mol. The molecule has 4 saturated heterocycles. The lowest BCUT2D eigenvalue weighted by Gasteiger charge is -2.39. The molecule has 0 aromatic heterocycles. The number of carboxylic acid groups (broad SMARTS) is 2. The van der Waals surface area contributed by atoms with E-state index >= 15 is 0 Å². The Hall–Kier alpha value is -2.60. The number of amides is 2. The summed E-state index contributed by atoms with van der Waals surface area (Å²) in [5.41, 5.74) is -0.0524. The minimum atomic E-state index is -1.82. The Morgan fingerprint density at radius 1 is 0.667 bits per heavy atom. The van der Waals surface area contributed by atoms with Crippen LogP contribution in [0.4, 0.5) is 9.59 Å². The summed E-state index contributed by atoms with van der Waals surface area (Å²) in [6.45, 7) is 19.0. The highest BCUT2D eigenvalue weighted by Gasteiger charge is 2.46. The van der Waals surface area contributed by atoms with Gasteiger partial charge in [-0.3, -0.25) is 0 Å². The molecule has 0 aliphatic carbocycles.